The van der Waals surface area contributed by atoms with Crippen LogP contribution in [0.1, 0.15) is 39.0 Å². The zero-order chi connectivity index (χ0) is 13.0. The Morgan fingerprint density at radius 1 is 1.22 bits per heavy atom. The number of nitrogens with zero attached hydrogens (tertiary/aromatic N) is 2. The largest absolute Gasteiger partial charge is 0.340 e. The van der Waals surface area contributed by atoms with Gasteiger partial charge in [0.25, 0.3) is 0 Å². The zero-order valence-electron chi connectivity index (χ0n) is 11.7. The molecule has 0 aromatic heterocycles. The van der Waals surface area contributed by atoms with Crippen LogP contribution in [0.5, 0.6) is 0 Å². The summed E-state index contributed by atoms with van der Waals surface area (Å²) < 4.78 is 0. The molecule has 0 saturated carbocycles. The van der Waals surface area contributed by atoms with Gasteiger partial charge in [-0.05, 0) is 45.0 Å². The number of likely N-dealkylation sites (tertiary alicyclic amines) is 2. The lowest BCUT2D eigenvalue weighted by molar-refractivity contribution is -0.135. The van der Waals surface area contributed by atoms with Crippen LogP contribution >= 0.6 is 11.8 Å². The summed E-state index contributed by atoms with van der Waals surface area (Å²) in [5.41, 5.74) is 0. The molecule has 0 aromatic rings. The van der Waals surface area contributed by atoms with Crippen molar-refractivity contribution in [1.82, 2.24) is 9.80 Å². The summed E-state index contributed by atoms with van der Waals surface area (Å²) in [4.78, 5) is 17.0. The maximum Gasteiger partial charge on any atom is 0.239 e. The van der Waals surface area contributed by atoms with Crippen molar-refractivity contribution in [1.29, 1.82) is 0 Å². The van der Waals surface area contributed by atoms with Crippen LogP contribution in [0.2, 0.25) is 0 Å². The van der Waals surface area contributed by atoms with Crippen LogP contribution < -0.4 is 0 Å². The van der Waals surface area contributed by atoms with E-state index in [0.29, 0.717) is 11.2 Å². The summed E-state index contributed by atoms with van der Waals surface area (Å²) >= 11 is 2.02. The van der Waals surface area contributed by atoms with Crippen LogP contribution in [-0.2, 0) is 4.79 Å². The van der Waals surface area contributed by atoms with E-state index in [0.717, 1.165) is 31.8 Å². The number of likely N-dealkylation sites (N-methyl/N-ethyl adjacent to an activating group) is 1. The summed E-state index contributed by atoms with van der Waals surface area (Å²) in [6.45, 7) is 5.25. The van der Waals surface area contributed by atoms with Gasteiger partial charge in [-0.25, -0.2) is 0 Å². The Labute approximate surface area is 115 Å². The van der Waals surface area contributed by atoms with Gasteiger partial charge in [-0.15, -0.1) is 0 Å². The van der Waals surface area contributed by atoms with Crippen LogP contribution in [0.3, 0.4) is 0 Å². The third-order valence-electron chi connectivity index (χ3n) is 4.15. The molecule has 1 unspecified atom stereocenters. The van der Waals surface area contributed by atoms with E-state index in [2.05, 4.69) is 23.8 Å². The fourth-order valence-corrected chi connectivity index (χ4v) is 4.20. The van der Waals surface area contributed by atoms with E-state index >= 15 is 0 Å². The van der Waals surface area contributed by atoms with Gasteiger partial charge >= 0.3 is 0 Å². The molecule has 0 aromatic carbocycles. The van der Waals surface area contributed by atoms with E-state index in [4.69, 9.17) is 0 Å². The average Bonchev–Trinajstić information content (AvgIpc) is 2.64. The van der Waals surface area contributed by atoms with Gasteiger partial charge in [0.2, 0.25) is 5.91 Å². The predicted molar refractivity (Wildman–Crippen MR) is 78.0 cm³/mol. The van der Waals surface area contributed by atoms with Crippen LogP contribution in [-0.4, -0.2) is 59.4 Å². The quantitative estimate of drug-likeness (QED) is 0.785. The van der Waals surface area contributed by atoms with Crippen molar-refractivity contribution in [2.45, 2.75) is 50.3 Å². The monoisotopic (exact) mass is 270 g/mol. The predicted octanol–water partition coefficient (Wildman–Crippen LogP) is 2.21. The van der Waals surface area contributed by atoms with Gasteiger partial charge in [0.15, 0.2) is 0 Å². The van der Waals surface area contributed by atoms with Crippen LogP contribution in [0.15, 0.2) is 0 Å². The molecule has 2 fully saturated rings. The van der Waals surface area contributed by atoms with E-state index < -0.39 is 0 Å². The second-order valence-electron chi connectivity index (χ2n) is 5.50. The van der Waals surface area contributed by atoms with Crippen molar-refractivity contribution in [3.63, 3.8) is 0 Å². The van der Waals surface area contributed by atoms with Gasteiger partial charge in [0, 0.05) is 18.3 Å². The number of rotatable bonds is 3. The summed E-state index contributed by atoms with van der Waals surface area (Å²) in [6.07, 6.45) is 5.97. The molecule has 2 aliphatic heterocycles. The number of carbonyl (C=O) groups is 1. The summed E-state index contributed by atoms with van der Waals surface area (Å²) in [5.74, 6) is 1.55. The molecule has 2 aliphatic rings. The molecule has 3 nitrogen and oxygen atoms in total. The number of thioether (sulfide) groups is 1. The molecular formula is C14H26N2OS. The molecule has 0 spiro atoms. The molecule has 0 N–H and O–H groups in total. The highest BCUT2D eigenvalue weighted by molar-refractivity contribution is 7.99. The molecule has 0 aliphatic carbocycles. The minimum absolute atomic E-state index is 0.162. The van der Waals surface area contributed by atoms with E-state index in [1.165, 1.54) is 25.7 Å². The molecule has 104 valence electrons. The topological polar surface area (TPSA) is 23.6 Å². The van der Waals surface area contributed by atoms with Crippen molar-refractivity contribution in [2.75, 3.05) is 32.4 Å². The Hall–Kier alpha value is -0.220. The summed E-state index contributed by atoms with van der Waals surface area (Å²) in [7, 11) is 2.09. The van der Waals surface area contributed by atoms with Crippen molar-refractivity contribution >= 4 is 17.7 Å². The molecule has 18 heavy (non-hydrogen) atoms. The van der Waals surface area contributed by atoms with Gasteiger partial charge < -0.3 is 4.90 Å². The summed E-state index contributed by atoms with van der Waals surface area (Å²) in [6, 6.07) is 0.162. The number of carbonyl (C=O) groups excluding carboxylic acids is 1. The van der Waals surface area contributed by atoms with Gasteiger partial charge in [-0.3, -0.25) is 9.69 Å². The molecule has 2 heterocycles. The SMILES string of the molecule is CCSC1CCCCN(C(=O)[C@@H]2CCCN2C)C1. The first-order valence-electron chi connectivity index (χ1n) is 7.33. The Balaban J connectivity index is 1.95. The van der Waals surface area contributed by atoms with Gasteiger partial charge in [-0.1, -0.05) is 13.3 Å². The molecular weight excluding hydrogens is 244 g/mol. The third-order valence-corrected chi connectivity index (χ3v) is 5.34. The van der Waals surface area contributed by atoms with Gasteiger partial charge in [0.1, 0.15) is 0 Å². The Morgan fingerprint density at radius 2 is 2.06 bits per heavy atom. The first-order chi connectivity index (χ1) is 8.72. The lowest BCUT2D eigenvalue weighted by Crippen LogP contribution is -2.46. The van der Waals surface area contributed by atoms with Crippen molar-refractivity contribution in [2.24, 2.45) is 0 Å². The maximum atomic E-state index is 12.6. The average molecular weight is 270 g/mol. The first kappa shape index (κ1) is 14.2. The van der Waals surface area contributed by atoms with Gasteiger partial charge in [0.05, 0.1) is 6.04 Å². The highest BCUT2D eigenvalue weighted by Crippen LogP contribution is 2.24. The van der Waals surface area contributed by atoms with E-state index in [-0.39, 0.29) is 6.04 Å². The smallest absolute Gasteiger partial charge is 0.239 e. The zero-order valence-corrected chi connectivity index (χ0v) is 12.5. The first-order valence-corrected chi connectivity index (χ1v) is 8.38. The minimum atomic E-state index is 0.162. The fraction of sp³-hybridized carbons (Fsp3) is 0.929. The molecule has 4 heteroatoms. The Morgan fingerprint density at radius 3 is 2.72 bits per heavy atom. The number of amides is 1. The van der Waals surface area contributed by atoms with E-state index in [9.17, 15) is 4.79 Å². The molecule has 2 rings (SSSR count). The second kappa shape index (κ2) is 6.80. The van der Waals surface area contributed by atoms with E-state index in [1.54, 1.807) is 0 Å². The highest BCUT2D eigenvalue weighted by Gasteiger charge is 2.32. The summed E-state index contributed by atoms with van der Waals surface area (Å²) in [5, 5.41) is 0.660. The van der Waals surface area contributed by atoms with Crippen LogP contribution in [0.25, 0.3) is 0 Å². The normalized spacial score (nSPS) is 30.4. The van der Waals surface area contributed by atoms with Crippen molar-refractivity contribution in [3.05, 3.63) is 0 Å². The number of hydrogen-bond acceptors (Lipinski definition) is 3. The van der Waals surface area contributed by atoms with E-state index in [1.807, 2.05) is 11.8 Å². The molecule has 2 saturated heterocycles. The molecule has 2 atom stereocenters. The van der Waals surface area contributed by atoms with Crippen LogP contribution in [0.4, 0.5) is 0 Å². The Bertz CT molecular complexity index is 285. The lowest BCUT2D eigenvalue weighted by Gasteiger charge is -2.29. The van der Waals surface area contributed by atoms with Gasteiger partial charge in [-0.2, -0.15) is 11.8 Å². The molecule has 0 radical (unpaired) electrons. The molecule has 0 bridgehead atoms. The fourth-order valence-electron chi connectivity index (χ4n) is 3.11. The Kier molecular flexibility index (Phi) is 5.37. The third kappa shape index (κ3) is 3.41. The molecule has 1 amide bonds. The number of hydrogen-bond donors (Lipinski definition) is 0. The van der Waals surface area contributed by atoms with Crippen molar-refractivity contribution in [3.8, 4) is 0 Å². The van der Waals surface area contributed by atoms with Crippen LogP contribution in [0, 0.1) is 0 Å². The maximum absolute atomic E-state index is 12.6. The second-order valence-corrected chi connectivity index (χ2v) is 7.07. The standard InChI is InChI=1S/C14H26N2OS/c1-3-18-12-7-4-5-10-16(11-12)14(17)13-8-6-9-15(13)2/h12-13H,3-11H2,1-2H3/t12?,13-/m0/s1. The minimum Gasteiger partial charge on any atom is -0.340 e. The van der Waals surface area contributed by atoms with Crippen molar-refractivity contribution < 1.29 is 4.79 Å². The highest BCUT2D eigenvalue weighted by atomic mass is 32.2. The lowest BCUT2D eigenvalue weighted by atomic mass is 10.2.